The molecule has 1 aromatic carbocycles. The lowest BCUT2D eigenvalue weighted by Gasteiger charge is -2.31. The van der Waals surface area contributed by atoms with Gasteiger partial charge in [-0.25, -0.2) is 0 Å². The molecule has 0 radical (unpaired) electrons. The van der Waals surface area contributed by atoms with Crippen LogP contribution in [0.15, 0.2) is 36.4 Å². The summed E-state index contributed by atoms with van der Waals surface area (Å²) < 4.78 is 0. The van der Waals surface area contributed by atoms with Crippen LogP contribution in [-0.4, -0.2) is 36.5 Å². The van der Waals surface area contributed by atoms with E-state index in [0.717, 1.165) is 32.5 Å². The number of rotatable bonds is 2. The Morgan fingerprint density at radius 2 is 2.06 bits per heavy atom. The summed E-state index contributed by atoms with van der Waals surface area (Å²) in [6.45, 7) is 2.71. The Balaban J connectivity index is 1.76. The zero-order chi connectivity index (χ0) is 12.4. The standard InChI is InChI=1S/C15H18N2O/c18-15-14(8-9-16-15)17-10-4-7-13(11-17)12-5-2-1-3-6-12/h1-3,5-7,14H,4,8-11H2,(H,16,18). The summed E-state index contributed by atoms with van der Waals surface area (Å²) in [6, 6.07) is 10.5. The first-order valence-corrected chi connectivity index (χ1v) is 6.61. The lowest BCUT2D eigenvalue weighted by atomic mass is 9.99. The minimum Gasteiger partial charge on any atom is -0.355 e. The van der Waals surface area contributed by atoms with Crippen molar-refractivity contribution in [1.82, 2.24) is 10.2 Å². The van der Waals surface area contributed by atoms with Gasteiger partial charge in [-0.2, -0.15) is 0 Å². The molecule has 0 bridgehead atoms. The van der Waals surface area contributed by atoms with Crippen molar-refractivity contribution in [1.29, 1.82) is 0 Å². The van der Waals surface area contributed by atoms with Gasteiger partial charge in [-0.1, -0.05) is 36.4 Å². The average molecular weight is 242 g/mol. The molecule has 18 heavy (non-hydrogen) atoms. The number of carbonyl (C=O) groups is 1. The van der Waals surface area contributed by atoms with Crippen LogP contribution in [0.3, 0.4) is 0 Å². The fraction of sp³-hybridized carbons (Fsp3) is 0.400. The van der Waals surface area contributed by atoms with Gasteiger partial charge in [0.15, 0.2) is 0 Å². The minimum absolute atomic E-state index is 0.0809. The highest BCUT2D eigenvalue weighted by Gasteiger charge is 2.31. The van der Waals surface area contributed by atoms with Crippen molar-refractivity contribution in [2.45, 2.75) is 18.9 Å². The van der Waals surface area contributed by atoms with Gasteiger partial charge in [0.05, 0.1) is 6.04 Å². The molecule has 1 amide bonds. The van der Waals surface area contributed by atoms with E-state index in [1.165, 1.54) is 11.1 Å². The summed E-state index contributed by atoms with van der Waals surface area (Å²) in [7, 11) is 0. The number of carbonyl (C=O) groups excluding carboxylic acids is 1. The number of benzene rings is 1. The maximum atomic E-state index is 11.7. The Bertz CT molecular complexity index is 467. The van der Waals surface area contributed by atoms with E-state index in [0.29, 0.717) is 0 Å². The van der Waals surface area contributed by atoms with E-state index in [9.17, 15) is 4.79 Å². The maximum absolute atomic E-state index is 11.7. The zero-order valence-electron chi connectivity index (χ0n) is 10.4. The molecule has 1 atom stereocenters. The van der Waals surface area contributed by atoms with Crippen LogP contribution in [0.2, 0.25) is 0 Å². The van der Waals surface area contributed by atoms with Crippen LogP contribution in [0.5, 0.6) is 0 Å². The summed E-state index contributed by atoms with van der Waals surface area (Å²) >= 11 is 0. The normalized spacial score (nSPS) is 24.8. The van der Waals surface area contributed by atoms with E-state index in [1.54, 1.807) is 0 Å². The first kappa shape index (κ1) is 11.5. The average Bonchev–Trinajstić information content (AvgIpc) is 2.86. The molecule has 0 aliphatic carbocycles. The van der Waals surface area contributed by atoms with Crippen molar-refractivity contribution in [2.75, 3.05) is 19.6 Å². The molecule has 1 N–H and O–H groups in total. The molecule has 1 saturated heterocycles. The summed E-state index contributed by atoms with van der Waals surface area (Å²) in [5, 5.41) is 2.92. The van der Waals surface area contributed by atoms with E-state index in [-0.39, 0.29) is 11.9 Å². The van der Waals surface area contributed by atoms with Crippen LogP contribution >= 0.6 is 0 Å². The van der Waals surface area contributed by atoms with Crippen LogP contribution in [0.1, 0.15) is 18.4 Å². The molecule has 0 saturated carbocycles. The molecule has 1 fully saturated rings. The maximum Gasteiger partial charge on any atom is 0.237 e. The SMILES string of the molecule is O=C1NCCC1N1CCC=C(c2ccccc2)C1. The van der Waals surface area contributed by atoms with Gasteiger partial charge in [-0.3, -0.25) is 9.69 Å². The van der Waals surface area contributed by atoms with Crippen molar-refractivity contribution in [3.05, 3.63) is 42.0 Å². The molecular formula is C15H18N2O. The van der Waals surface area contributed by atoms with E-state index in [4.69, 9.17) is 0 Å². The largest absolute Gasteiger partial charge is 0.355 e. The quantitative estimate of drug-likeness (QED) is 0.855. The lowest BCUT2D eigenvalue weighted by molar-refractivity contribution is -0.123. The number of nitrogens with zero attached hydrogens (tertiary/aromatic N) is 1. The van der Waals surface area contributed by atoms with Crippen molar-refractivity contribution < 1.29 is 4.79 Å². The number of amides is 1. The minimum atomic E-state index is 0.0809. The van der Waals surface area contributed by atoms with Crippen LogP contribution in [-0.2, 0) is 4.79 Å². The van der Waals surface area contributed by atoms with Crippen LogP contribution in [0, 0.1) is 0 Å². The van der Waals surface area contributed by atoms with E-state index < -0.39 is 0 Å². The van der Waals surface area contributed by atoms with Crippen molar-refractivity contribution >= 4 is 11.5 Å². The molecular weight excluding hydrogens is 224 g/mol. The highest BCUT2D eigenvalue weighted by molar-refractivity contribution is 5.84. The summed E-state index contributed by atoms with van der Waals surface area (Å²) in [4.78, 5) is 14.1. The van der Waals surface area contributed by atoms with E-state index >= 15 is 0 Å². The Labute approximate surface area is 107 Å². The molecule has 3 heteroatoms. The lowest BCUT2D eigenvalue weighted by Crippen LogP contribution is -2.43. The van der Waals surface area contributed by atoms with Gasteiger partial charge < -0.3 is 5.32 Å². The third-order valence-electron chi connectivity index (χ3n) is 3.79. The first-order chi connectivity index (χ1) is 8.84. The van der Waals surface area contributed by atoms with Crippen LogP contribution < -0.4 is 5.32 Å². The van der Waals surface area contributed by atoms with Crippen molar-refractivity contribution in [3.63, 3.8) is 0 Å². The highest BCUT2D eigenvalue weighted by atomic mass is 16.2. The second-order valence-corrected chi connectivity index (χ2v) is 4.95. The molecule has 2 heterocycles. The molecule has 1 aromatic rings. The highest BCUT2D eigenvalue weighted by Crippen LogP contribution is 2.23. The van der Waals surface area contributed by atoms with Gasteiger partial charge in [0, 0.05) is 19.6 Å². The number of hydrogen-bond acceptors (Lipinski definition) is 2. The number of nitrogens with one attached hydrogen (secondary N) is 1. The van der Waals surface area contributed by atoms with E-state index in [2.05, 4.69) is 40.6 Å². The van der Waals surface area contributed by atoms with Gasteiger partial charge in [0.25, 0.3) is 0 Å². The molecule has 0 aromatic heterocycles. The Morgan fingerprint density at radius 3 is 2.78 bits per heavy atom. The second kappa shape index (κ2) is 4.94. The predicted molar refractivity (Wildman–Crippen MR) is 72.0 cm³/mol. The van der Waals surface area contributed by atoms with Gasteiger partial charge in [-0.05, 0) is 24.0 Å². The van der Waals surface area contributed by atoms with Crippen molar-refractivity contribution in [2.24, 2.45) is 0 Å². The Hall–Kier alpha value is -1.61. The topological polar surface area (TPSA) is 32.3 Å². The molecule has 94 valence electrons. The Kier molecular flexibility index (Phi) is 3.15. The zero-order valence-corrected chi connectivity index (χ0v) is 10.4. The smallest absolute Gasteiger partial charge is 0.237 e. The third-order valence-corrected chi connectivity index (χ3v) is 3.79. The molecule has 2 aliphatic heterocycles. The summed E-state index contributed by atoms with van der Waals surface area (Å²) in [5.74, 6) is 0.198. The van der Waals surface area contributed by atoms with Gasteiger partial charge in [-0.15, -0.1) is 0 Å². The van der Waals surface area contributed by atoms with Gasteiger partial charge in [0.1, 0.15) is 0 Å². The first-order valence-electron chi connectivity index (χ1n) is 6.61. The molecule has 3 nitrogen and oxygen atoms in total. The van der Waals surface area contributed by atoms with Crippen LogP contribution in [0.4, 0.5) is 0 Å². The van der Waals surface area contributed by atoms with Gasteiger partial charge in [0.2, 0.25) is 5.91 Å². The summed E-state index contributed by atoms with van der Waals surface area (Å²) in [6.07, 6.45) is 4.29. The monoisotopic (exact) mass is 242 g/mol. The second-order valence-electron chi connectivity index (χ2n) is 4.95. The number of hydrogen-bond donors (Lipinski definition) is 1. The Morgan fingerprint density at radius 1 is 1.22 bits per heavy atom. The fourth-order valence-electron chi connectivity index (χ4n) is 2.82. The molecule has 2 aliphatic rings. The van der Waals surface area contributed by atoms with Crippen LogP contribution in [0.25, 0.3) is 5.57 Å². The predicted octanol–water partition coefficient (Wildman–Crippen LogP) is 1.66. The third kappa shape index (κ3) is 2.18. The molecule has 0 spiro atoms. The molecule has 3 rings (SSSR count). The molecule has 1 unspecified atom stereocenters. The van der Waals surface area contributed by atoms with Crippen molar-refractivity contribution in [3.8, 4) is 0 Å². The van der Waals surface area contributed by atoms with E-state index in [1.807, 2.05) is 6.07 Å². The van der Waals surface area contributed by atoms with Gasteiger partial charge >= 0.3 is 0 Å². The summed E-state index contributed by atoms with van der Waals surface area (Å²) in [5.41, 5.74) is 2.63. The fourth-order valence-corrected chi connectivity index (χ4v) is 2.82.